The Kier molecular flexibility index (Phi) is 4.53. The molecule has 0 bridgehead atoms. The Morgan fingerprint density at radius 2 is 1.89 bits per heavy atom. The maximum Gasteiger partial charge on any atom is 0.234 e. The van der Waals surface area contributed by atoms with Gasteiger partial charge in [0.05, 0.1) is 12.6 Å². The molecule has 100 valence electrons. The van der Waals surface area contributed by atoms with Crippen molar-refractivity contribution in [1.82, 2.24) is 10.6 Å². The predicted molar refractivity (Wildman–Crippen MR) is 79.0 cm³/mol. The third kappa shape index (κ3) is 3.32. The lowest BCUT2D eigenvalue weighted by molar-refractivity contribution is -0.120. The molecule has 0 saturated carbocycles. The highest BCUT2D eigenvalue weighted by molar-refractivity contribution is 5.87. The molecule has 3 heteroatoms. The minimum atomic E-state index is 0.0113. The van der Waals surface area contributed by atoms with Gasteiger partial charge in [0, 0.05) is 0 Å². The molecule has 2 aromatic rings. The summed E-state index contributed by atoms with van der Waals surface area (Å²) in [4.78, 5) is 11.7. The van der Waals surface area contributed by atoms with Gasteiger partial charge in [-0.2, -0.15) is 0 Å². The van der Waals surface area contributed by atoms with E-state index in [2.05, 4.69) is 34.9 Å². The van der Waals surface area contributed by atoms with E-state index in [-0.39, 0.29) is 11.9 Å². The van der Waals surface area contributed by atoms with Crippen LogP contribution in [0.5, 0.6) is 0 Å². The highest BCUT2D eigenvalue weighted by Crippen LogP contribution is 2.23. The average molecular weight is 256 g/mol. The molecule has 0 heterocycles. The zero-order valence-electron chi connectivity index (χ0n) is 11.4. The summed E-state index contributed by atoms with van der Waals surface area (Å²) in [5, 5.41) is 8.45. The van der Waals surface area contributed by atoms with Crippen LogP contribution in [0.3, 0.4) is 0 Å². The molecule has 0 spiro atoms. The molecule has 2 rings (SSSR count). The fraction of sp³-hybridized carbons (Fsp3) is 0.312. The molecule has 0 aliphatic carbocycles. The molecule has 0 aliphatic heterocycles. The number of likely N-dealkylation sites (N-methyl/N-ethyl adjacent to an activating group) is 1. The van der Waals surface area contributed by atoms with Crippen LogP contribution in [0.15, 0.2) is 42.5 Å². The first-order valence-electron chi connectivity index (χ1n) is 6.70. The van der Waals surface area contributed by atoms with Gasteiger partial charge in [0.25, 0.3) is 0 Å². The van der Waals surface area contributed by atoms with Crippen LogP contribution in [-0.2, 0) is 4.79 Å². The number of hydrogen-bond donors (Lipinski definition) is 2. The number of fused-ring (bicyclic) bond motifs is 1. The Morgan fingerprint density at radius 1 is 1.16 bits per heavy atom. The molecule has 1 amide bonds. The number of carbonyl (C=O) groups is 1. The van der Waals surface area contributed by atoms with Crippen LogP contribution < -0.4 is 10.6 Å². The minimum absolute atomic E-state index is 0.0113. The van der Waals surface area contributed by atoms with E-state index in [1.807, 2.05) is 32.0 Å². The molecular weight excluding hydrogens is 236 g/mol. The molecule has 0 aliphatic rings. The highest BCUT2D eigenvalue weighted by Gasteiger charge is 2.11. The first-order valence-corrected chi connectivity index (χ1v) is 6.70. The average Bonchev–Trinajstić information content (AvgIpc) is 2.44. The standard InChI is InChI=1S/C16H20N2O/c1-3-17-11-16(19)18-12(2)14-10-6-8-13-7-4-5-9-15(13)14/h4-10,12,17H,3,11H2,1-2H3,(H,18,19). The Bertz CT molecular complexity index is 560. The Labute approximate surface area is 114 Å². The lowest BCUT2D eigenvalue weighted by Crippen LogP contribution is -2.35. The number of nitrogens with one attached hydrogen (secondary N) is 2. The Hall–Kier alpha value is -1.87. The van der Waals surface area contributed by atoms with Crippen molar-refractivity contribution in [2.45, 2.75) is 19.9 Å². The number of benzene rings is 2. The predicted octanol–water partition coefficient (Wildman–Crippen LogP) is 2.63. The Balaban J connectivity index is 2.17. The van der Waals surface area contributed by atoms with E-state index in [0.717, 1.165) is 12.1 Å². The van der Waals surface area contributed by atoms with Crippen molar-refractivity contribution >= 4 is 16.7 Å². The summed E-state index contributed by atoms with van der Waals surface area (Å²) < 4.78 is 0. The van der Waals surface area contributed by atoms with E-state index in [1.165, 1.54) is 10.8 Å². The van der Waals surface area contributed by atoms with Gasteiger partial charge in [-0.05, 0) is 29.8 Å². The molecule has 2 aromatic carbocycles. The number of amides is 1. The molecule has 0 saturated heterocycles. The summed E-state index contributed by atoms with van der Waals surface area (Å²) in [5.74, 6) is 0.0299. The number of carbonyl (C=O) groups excluding carboxylic acids is 1. The fourth-order valence-corrected chi connectivity index (χ4v) is 2.24. The van der Waals surface area contributed by atoms with Gasteiger partial charge >= 0.3 is 0 Å². The normalized spacial score (nSPS) is 12.3. The zero-order valence-corrected chi connectivity index (χ0v) is 11.4. The zero-order chi connectivity index (χ0) is 13.7. The summed E-state index contributed by atoms with van der Waals surface area (Å²) in [6.45, 7) is 5.18. The van der Waals surface area contributed by atoms with Gasteiger partial charge < -0.3 is 10.6 Å². The Morgan fingerprint density at radius 3 is 2.68 bits per heavy atom. The fourth-order valence-electron chi connectivity index (χ4n) is 2.24. The van der Waals surface area contributed by atoms with E-state index >= 15 is 0 Å². The van der Waals surface area contributed by atoms with E-state index < -0.39 is 0 Å². The van der Waals surface area contributed by atoms with Crippen LogP contribution in [0.2, 0.25) is 0 Å². The van der Waals surface area contributed by atoms with Crippen LogP contribution in [0.25, 0.3) is 10.8 Å². The maximum atomic E-state index is 11.7. The third-order valence-electron chi connectivity index (χ3n) is 3.20. The van der Waals surface area contributed by atoms with E-state index in [1.54, 1.807) is 0 Å². The first-order chi connectivity index (χ1) is 9.22. The number of rotatable bonds is 5. The van der Waals surface area contributed by atoms with Crippen molar-refractivity contribution in [3.8, 4) is 0 Å². The molecule has 0 radical (unpaired) electrons. The smallest absolute Gasteiger partial charge is 0.234 e. The highest BCUT2D eigenvalue weighted by atomic mass is 16.1. The molecule has 3 nitrogen and oxygen atoms in total. The largest absolute Gasteiger partial charge is 0.348 e. The van der Waals surface area contributed by atoms with E-state index in [4.69, 9.17) is 0 Å². The van der Waals surface area contributed by atoms with Gasteiger partial charge in [-0.15, -0.1) is 0 Å². The summed E-state index contributed by atoms with van der Waals surface area (Å²) >= 11 is 0. The van der Waals surface area contributed by atoms with Crippen molar-refractivity contribution in [2.75, 3.05) is 13.1 Å². The van der Waals surface area contributed by atoms with Gasteiger partial charge in [-0.1, -0.05) is 49.4 Å². The molecular formula is C16H20N2O. The van der Waals surface area contributed by atoms with Gasteiger partial charge in [0.2, 0.25) is 5.91 Å². The lowest BCUT2D eigenvalue weighted by atomic mass is 10.00. The number of hydrogen-bond acceptors (Lipinski definition) is 2. The van der Waals surface area contributed by atoms with Crippen molar-refractivity contribution in [2.24, 2.45) is 0 Å². The van der Waals surface area contributed by atoms with Crippen LogP contribution >= 0.6 is 0 Å². The second-order valence-electron chi connectivity index (χ2n) is 4.64. The molecule has 0 fully saturated rings. The summed E-state index contributed by atoms with van der Waals surface area (Å²) in [5.41, 5.74) is 1.16. The van der Waals surface area contributed by atoms with E-state index in [9.17, 15) is 4.79 Å². The lowest BCUT2D eigenvalue weighted by Gasteiger charge is -2.16. The maximum absolute atomic E-state index is 11.7. The molecule has 2 N–H and O–H groups in total. The molecule has 19 heavy (non-hydrogen) atoms. The van der Waals surface area contributed by atoms with Crippen LogP contribution in [0.4, 0.5) is 0 Å². The molecule has 1 atom stereocenters. The van der Waals surface area contributed by atoms with Crippen LogP contribution in [0.1, 0.15) is 25.5 Å². The van der Waals surface area contributed by atoms with Crippen LogP contribution in [-0.4, -0.2) is 19.0 Å². The van der Waals surface area contributed by atoms with Gasteiger partial charge in [-0.25, -0.2) is 0 Å². The monoisotopic (exact) mass is 256 g/mol. The quantitative estimate of drug-likeness (QED) is 0.863. The molecule has 0 aromatic heterocycles. The second-order valence-corrected chi connectivity index (χ2v) is 4.64. The van der Waals surface area contributed by atoms with Crippen LogP contribution in [0, 0.1) is 0 Å². The third-order valence-corrected chi connectivity index (χ3v) is 3.20. The molecule has 1 unspecified atom stereocenters. The van der Waals surface area contributed by atoms with Gasteiger partial charge in [0.15, 0.2) is 0 Å². The topological polar surface area (TPSA) is 41.1 Å². The van der Waals surface area contributed by atoms with E-state index in [0.29, 0.717) is 6.54 Å². The SMILES string of the molecule is CCNCC(=O)NC(C)c1cccc2ccccc12. The van der Waals surface area contributed by atoms with Gasteiger partial charge in [0.1, 0.15) is 0 Å². The summed E-state index contributed by atoms with van der Waals surface area (Å²) in [6.07, 6.45) is 0. The van der Waals surface area contributed by atoms with Crippen molar-refractivity contribution in [3.63, 3.8) is 0 Å². The minimum Gasteiger partial charge on any atom is -0.348 e. The van der Waals surface area contributed by atoms with Crippen molar-refractivity contribution in [3.05, 3.63) is 48.0 Å². The summed E-state index contributed by atoms with van der Waals surface area (Å²) in [6, 6.07) is 14.4. The van der Waals surface area contributed by atoms with Gasteiger partial charge in [-0.3, -0.25) is 4.79 Å². The first kappa shape index (κ1) is 13.6. The van der Waals surface area contributed by atoms with Crippen molar-refractivity contribution < 1.29 is 4.79 Å². The second kappa shape index (κ2) is 6.34. The van der Waals surface area contributed by atoms with Crippen molar-refractivity contribution in [1.29, 1.82) is 0 Å². The summed E-state index contributed by atoms with van der Waals surface area (Å²) in [7, 11) is 0.